The van der Waals surface area contributed by atoms with Crippen LogP contribution < -0.4 is 0 Å². The third-order valence-corrected chi connectivity index (χ3v) is 13.3. The molecule has 0 amide bonds. The first kappa shape index (κ1) is 33.9. The molecule has 0 N–H and O–H groups in total. The van der Waals surface area contributed by atoms with Crippen molar-refractivity contribution in [2.24, 2.45) is 0 Å². The molecule has 4 heteroatoms. The summed E-state index contributed by atoms with van der Waals surface area (Å²) in [5, 5.41) is 4.81. The van der Waals surface area contributed by atoms with Gasteiger partial charge in [-0.05, 0) is 71.8 Å². The summed E-state index contributed by atoms with van der Waals surface area (Å²) < 4.78 is 2.92. The molecule has 4 rings (SSSR count). The number of hydrogen-bond acceptors (Lipinski definition) is 4. The van der Waals surface area contributed by atoms with Gasteiger partial charge in [-0.3, -0.25) is 0 Å². The van der Waals surface area contributed by atoms with Gasteiger partial charge >= 0.3 is 0 Å². The van der Waals surface area contributed by atoms with Crippen LogP contribution in [0.2, 0.25) is 0 Å². The molecular weight excluding hydrogens is 585 g/mol. The molecule has 232 valence electrons. The van der Waals surface area contributed by atoms with E-state index in [1.807, 2.05) is 45.3 Å². The van der Waals surface area contributed by atoms with E-state index < -0.39 is 0 Å². The van der Waals surface area contributed by atoms with E-state index in [9.17, 15) is 0 Å². The van der Waals surface area contributed by atoms with E-state index in [1.165, 1.54) is 170 Å². The summed E-state index contributed by atoms with van der Waals surface area (Å²) in [6, 6.07) is 9.83. The summed E-state index contributed by atoms with van der Waals surface area (Å²) in [4.78, 5) is 5.83. The standard InChI is InChI=1S/C38H56S4/c1-3-5-7-9-11-13-15-17-19-21-23-31-25-33(39-29-31)35-27-37-38(41-35)28-36(42-37)34-26-32(30-40-34)24-22-20-18-16-14-12-10-8-6-4-2/h25-30H,3-24H2,1-2H3. The van der Waals surface area contributed by atoms with E-state index in [4.69, 9.17) is 0 Å². The first-order valence-electron chi connectivity index (χ1n) is 17.5. The second-order valence-corrected chi connectivity index (χ2v) is 16.4. The monoisotopic (exact) mass is 640 g/mol. The van der Waals surface area contributed by atoms with Gasteiger partial charge < -0.3 is 0 Å². The van der Waals surface area contributed by atoms with E-state index in [2.05, 4.69) is 48.9 Å². The molecule has 0 bridgehead atoms. The molecule has 0 spiro atoms. The second kappa shape index (κ2) is 20.2. The quantitative estimate of drug-likeness (QED) is 0.0668. The molecule has 4 aromatic heterocycles. The van der Waals surface area contributed by atoms with Crippen molar-refractivity contribution in [2.75, 3.05) is 0 Å². The maximum atomic E-state index is 2.47. The van der Waals surface area contributed by atoms with Crippen LogP contribution in [0.15, 0.2) is 35.0 Å². The Morgan fingerprint density at radius 2 is 0.714 bits per heavy atom. The number of unbranched alkanes of at least 4 members (excludes halogenated alkanes) is 18. The lowest BCUT2D eigenvalue weighted by Crippen LogP contribution is -1.84. The van der Waals surface area contributed by atoms with E-state index in [0.29, 0.717) is 0 Å². The Balaban J connectivity index is 1.13. The summed E-state index contributed by atoms with van der Waals surface area (Å²) in [7, 11) is 0. The molecule has 0 unspecified atom stereocenters. The molecule has 0 nitrogen and oxygen atoms in total. The van der Waals surface area contributed by atoms with Crippen molar-refractivity contribution in [2.45, 2.75) is 155 Å². The summed E-state index contributed by atoms with van der Waals surface area (Å²) in [6.07, 6.45) is 30.7. The largest absolute Gasteiger partial charge is 0.143 e. The summed E-state index contributed by atoms with van der Waals surface area (Å²) in [5.74, 6) is 0. The van der Waals surface area contributed by atoms with Crippen LogP contribution in [0.4, 0.5) is 0 Å². The van der Waals surface area contributed by atoms with Crippen LogP contribution in [-0.4, -0.2) is 0 Å². The Kier molecular flexibility index (Phi) is 16.3. The van der Waals surface area contributed by atoms with Gasteiger partial charge in [0.05, 0.1) is 0 Å². The number of fused-ring (bicyclic) bond motifs is 1. The fraction of sp³-hybridized carbons (Fsp3) is 0.632. The summed E-state index contributed by atoms with van der Waals surface area (Å²) >= 11 is 7.85. The fourth-order valence-electron chi connectivity index (χ4n) is 5.98. The van der Waals surface area contributed by atoms with Crippen LogP contribution in [0.3, 0.4) is 0 Å². The molecule has 0 fully saturated rings. The van der Waals surface area contributed by atoms with Crippen molar-refractivity contribution < 1.29 is 0 Å². The van der Waals surface area contributed by atoms with E-state index >= 15 is 0 Å². The van der Waals surface area contributed by atoms with Crippen LogP contribution in [0.5, 0.6) is 0 Å². The van der Waals surface area contributed by atoms with Gasteiger partial charge in [0.1, 0.15) is 0 Å². The highest BCUT2D eigenvalue weighted by Crippen LogP contribution is 2.44. The van der Waals surface area contributed by atoms with Crippen molar-refractivity contribution >= 4 is 54.7 Å². The second-order valence-electron chi connectivity index (χ2n) is 12.5. The third-order valence-electron chi connectivity index (χ3n) is 8.64. The first-order valence-corrected chi connectivity index (χ1v) is 20.8. The topological polar surface area (TPSA) is 0 Å². The predicted octanol–water partition coefficient (Wildman–Crippen LogP) is 15.3. The van der Waals surface area contributed by atoms with Crippen molar-refractivity contribution in [3.05, 3.63) is 46.2 Å². The number of aryl methyl sites for hydroxylation is 2. The molecule has 0 aliphatic carbocycles. The van der Waals surface area contributed by atoms with Gasteiger partial charge in [-0.25, -0.2) is 0 Å². The van der Waals surface area contributed by atoms with Crippen molar-refractivity contribution in [3.8, 4) is 19.5 Å². The van der Waals surface area contributed by atoms with Gasteiger partial charge in [0.2, 0.25) is 0 Å². The van der Waals surface area contributed by atoms with Gasteiger partial charge in [0.15, 0.2) is 0 Å². The molecule has 0 saturated heterocycles. The normalized spacial score (nSPS) is 11.8. The SMILES string of the molecule is CCCCCCCCCCCCc1csc(-c2cc3sc(-c4cc(CCCCCCCCCCCC)cs4)cc3s2)c1. The molecule has 42 heavy (non-hydrogen) atoms. The Labute approximate surface area is 274 Å². The fourth-order valence-corrected chi connectivity index (χ4v) is 10.5. The molecular formula is C38H56S4. The molecule has 0 aliphatic rings. The van der Waals surface area contributed by atoms with E-state index in [0.717, 1.165) is 0 Å². The van der Waals surface area contributed by atoms with Crippen molar-refractivity contribution in [1.82, 2.24) is 0 Å². The third kappa shape index (κ3) is 11.9. The number of thiophene rings is 4. The zero-order chi connectivity index (χ0) is 29.2. The minimum atomic E-state index is 1.25. The van der Waals surface area contributed by atoms with Gasteiger partial charge in [-0.2, -0.15) is 0 Å². The van der Waals surface area contributed by atoms with Gasteiger partial charge in [-0.15, -0.1) is 45.3 Å². The van der Waals surface area contributed by atoms with Crippen LogP contribution in [-0.2, 0) is 12.8 Å². The maximum absolute atomic E-state index is 2.47. The van der Waals surface area contributed by atoms with E-state index in [-0.39, 0.29) is 0 Å². The molecule has 0 aliphatic heterocycles. The zero-order valence-electron chi connectivity index (χ0n) is 26.7. The average molecular weight is 641 g/mol. The summed E-state index contributed by atoms with van der Waals surface area (Å²) in [6.45, 7) is 4.60. The average Bonchev–Trinajstić information content (AvgIpc) is 3.79. The van der Waals surface area contributed by atoms with Crippen LogP contribution in [0.1, 0.15) is 153 Å². The van der Waals surface area contributed by atoms with Crippen LogP contribution >= 0.6 is 45.3 Å². The zero-order valence-corrected chi connectivity index (χ0v) is 29.9. The Bertz CT molecular complexity index is 1110. The van der Waals surface area contributed by atoms with Gasteiger partial charge in [0.25, 0.3) is 0 Å². The highest BCUT2D eigenvalue weighted by molar-refractivity contribution is 7.33. The van der Waals surface area contributed by atoms with Crippen molar-refractivity contribution in [1.29, 1.82) is 0 Å². The minimum absolute atomic E-state index is 1.25. The van der Waals surface area contributed by atoms with Gasteiger partial charge in [0, 0.05) is 28.9 Å². The lowest BCUT2D eigenvalue weighted by atomic mass is 10.0. The molecule has 4 aromatic rings. The Morgan fingerprint density at radius 3 is 1.07 bits per heavy atom. The Morgan fingerprint density at radius 1 is 0.381 bits per heavy atom. The molecule has 4 heterocycles. The molecule has 0 saturated carbocycles. The van der Waals surface area contributed by atoms with Crippen LogP contribution in [0.25, 0.3) is 28.9 Å². The molecule has 0 aromatic carbocycles. The highest BCUT2D eigenvalue weighted by atomic mass is 32.1. The van der Waals surface area contributed by atoms with Crippen molar-refractivity contribution in [3.63, 3.8) is 0 Å². The lowest BCUT2D eigenvalue weighted by molar-refractivity contribution is 0.556. The summed E-state index contributed by atoms with van der Waals surface area (Å²) in [5.41, 5.74) is 3.08. The van der Waals surface area contributed by atoms with Crippen LogP contribution in [0, 0.1) is 0 Å². The highest BCUT2D eigenvalue weighted by Gasteiger charge is 2.13. The smallest absolute Gasteiger partial charge is 0.0464 e. The molecule has 0 atom stereocenters. The maximum Gasteiger partial charge on any atom is 0.0464 e. The first-order chi connectivity index (χ1) is 20.8. The molecule has 0 radical (unpaired) electrons. The Hall–Kier alpha value is -0.940. The van der Waals surface area contributed by atoms with Gasteiger partial charge in [-0.1, -0.05) is 129 Å². The number of rotatable bonds is 24. The number of hydrogen-bond donors (Lipinski definition) is 0. The lowest BCUT2D eigenvalue weighted by Gasteiger charge is -2.02. The van der Waals surface area contributed by atoms with E-state index in [1.54, 1.807) is 11.1 Å². The predicted molar refractivity (Wildman–Crippen MR) is 197 cm³/mol. The minimum Gasteiger partial charge on any atom is -0.143 e.